The summed E-state index contributed by atoms with van der Waals surface area (Å²) in [5, 5.41) is 3.93. The maximum absolute atomic E-state index is 13.1. The van der Waals surface area contributed by atoms with E-state index in [0.29, 0.717) is 19.5 Å². The van der Waals surface area contributed by atoms with E-state index in [1.807, 2.05) is 37.3 Å². The molecule has 4 rings (SSSR count). The number of benzene rings is 1. The van der Waals surface area contributed by atoms with Gasteiger partial charge in [-0.3, -0.25) is 14.6 Å². The number of carbonyl (C=O) groups excluding carboxylic acids is 2. The van der Waals surface area contributed by atoms with Crippen molar-refractivity contribution < 1.29 is 18.8 Å². The van der Waals surface area contributed by atoms with Gasteiger partial charge in [0.2, 0.25) is 5.91 Å². The van der Waals surface area contributed by atoms with Gasteiger partial charge in [-0.15, -0.1) is 0 Å². The van der Waals surface area contributed by atoms with Crippen molar-refractivity contribution in [3.8, 4) is 0 Å². The molecule has 8 nitrogen and oxygen atoms in total. The molecule has 3 heterocycles. The summed E-state index contributed by atoms with van der Waals surface area (Å²) in [6, 6.07) is 9.36. The van der Waals surface area contributed by atoms with E-state index in [1.165, 1.54) is 7.11 Å². The van der Waals surface area contributed by atoms with Gasteiger partial charge in [-0.1, -0.05) is 29.4 Å². The Bertz CT molecular complexity index is 904. The Labute approximate surface area is 176 Å². The molecule has 0 N–H and O–H groups in total. The summed E-state index contributed by atoms with van der Waals surface area (Å²) in [5.74, 6) is 0.481. The van der Waals surface area contributed by atoms with Crippen LogP contribution in [0, 0.1) is 6.92 Å². The molecule has 1 aromatic heterocycles. The molecule has 0 aliphatic carbocycles. The highest BCUT2D eigenvalue weighted by molar-refractivity contribution is 5.86. The van der Waals surface area contributed by atoms with E-state index in [9.17, 15) is 9.59 Å². The largest absolute Gasteiger partial charge is 0.467 e. The Hall–Kier alpha value is -2.71. The Morgan fingerprint density at radius 1 is 1.13 bits per heavy atom. The molecule has 2 aliphatic rings. The summed E-state index contributed by atoms with van der Waals surface area (Å²) in [5.41, 5.74) is 3.09. The van der Waals surface area contributed by atoms with Crippen LogP contribution in [0.5, 0.6) is 0 Å². The Balaban J connectivity index is 1.35. The van der Waals surface area contributed by atoms with Crippen LogP contribution in [-0.4, -0.2) is 77.6 Å². The van der Waals surface area contributed by atoms with Gasteiger partial charge in [0.15, 0.2) is 5.76 Å². The Morgan fingerprint density at radius 2 is 1.83 bits per heavy atom. The lowest BCUT2D eigenvalue weighted by atomic mass is 9.94. The third kappa shape index (κ3) is 4.55. The first-order valence-corrected chi connectivity index (χ1v) is 10.3. The number of ether oxygens (including phenoxy) is 1. The second kappa shape index (κ2) is 8.97. The van der Waals surface area contributed by atoms with Crippen molar-refractivity contribution in [2.24, 2.45) is 0 Å². The first-order valence-electron chi connectivity index (χ1n) is 10.3. The van der Waals surface area contributed by atoms with Crippen LogP contribution in [0.3, 0.4) is 0 Å². The number of piperazine rings is 1. The molecule has 1 atom stereocenters. The minimum atomic E-state index is -0.562. The maximum Gasteiger partial charge on any atom is 0.328 e. The number of aryl methyl sites for hydroxylation is 1. The number of carbonyl (C=O) groups is 2. The third-order valence-corrected chi connectivity index (χ3v) is 5.92. The van der Waals surface area contributed by atoms with Crippen LogP contribution in [0.25, 0.3) is 0 Å². The standard InChI is InChI=1S/C22H28N4O4/c1-16-11-19(30-23-16)14-24-7-9-25(10-8-24)15-21(27)26-13-18-6-4-3-5-17(18)12-20(26)22(28)29-2/h3-6,11,20H,7-10,12-15H2,1-2H3. The zero-order valence-electron chi connectivity index (χ0n) is 17.5. The molecular formula is C22H28N4O4. The molecule has 1 aromatic carbocycles. The number of methoxy groups -OCH3 is 1. The molecule has 1 fully saturated rings. The topological polar surface area (TPSA) is 79.1 Å². The summed E-state index contributed by atoms with van der Waals surface area (Å²) >= 11 is 0. The van der Waals surface area contributed by atoms with Gasteiger partial charge in [0, 0.05) is 45.2 Å². The number of rotatable bonds is 5. The summed E-state index contributed by atoms with van der Waals surface area (Å²) in [7, 11) is 1.38. The second-order valence-electron chi connectivity index (χ2n) is 8.02. The highest BCUT2D eigenvalue weighted by Gasteiger charge is 2.36. The molecule has 1 saturated heterocycles. The summed E-state index contributed by atoms with van der Waals surface area (Å²) < 4.78 is 10.3. The van der Waals surface area contributed by atoms with Crippen molar-refractivity contribution in [3.05, 3.63) is 52.9 Å². The van der Waals surface area contributed by atoms with Crippen LogP contribution in [-0.2, 0) is 33.8 Å². The molecule has 1 unspecified atom stereocenters. The number of amides is 1. The van der Waals surface area contributed by atoms with E-state index < -0.39 is 6.04 Å². The lowest BCUT2D eigenvalue weighted by Crippen LogP contribution is -2.54. The molecule has 1 amide bonds. The van der Waals surface area contributed by atoms with Gasteiger partial charge in [0.1, 0.15) is 6.04 Å². The van der Waals surface area contributed by atoms with Crippen molar-refractivity contribution in [2.45, 2.75) is 32.5 Å². The minimum Gasteiger partial charge on any atom is -0.467 e. The minimum absolute atomic E-state index is 0.0285. The fourth-order valence-corrected chi connectivity index (χ4v) is 4.23. The number of hydrogen-bond acceptors (Lipinski definition) is 7. The molecule has 30 heavy (non-hydrogen) atoms. The van der Waals surface area contributed by atoms with Crippen LogP contribution in [0.1, 0.15) is 22.6 Å². The smallest absolute Gasteiger partial charge is 0.328 e. The lowest BCUT2D eigenvalue weighted by Gasteiger charge is -2.38. The summed E-state index contributed by atoms with van der Waals surface area (Å²) in [6.45, 7) is 6.71. The van der Waals surface area contributed by atoms with E-state index in [0.717, 1.165) is 55.3 Å². The molecule has 160 valence electrons. The second-order valence-corrected chi connectivity index (χ2v) is 8.02. The van der Waals surface area contributed by atoms with Gasteiger partial charge in [0.25, 0.3) is 0 Å². The molecule has 8 heteroatoms. The van der Waals surface area contributed by atoms with E-state index in [2.05, 4.69) is 15.0 Å². The van der Waals surface area contributed by atoms with Crippen LogP contribution in [0.15, 0.2) is 34.9 Å². The van der Waals surface area contributed by atoms with Gasteiger partial charge in [0.05, 0.1) is 25.9 Å². The average molecular weight is 412 g/mol. The molecule has 0 bridgehead atoms. The quantitative estimate of drug-likeness (QED) is 0.684. The van der Waals surface area contributed by atoms with Gasteiger partial charge in [-0.05, 0) is 18.1 Å². The van der Waals surface area contributed by atoms with E-state index >= 15 is 0 Å². The number of aromatic nitrogens is 1. The number of nitrogens with zero attached hydrogens (tertiary/aromatic N) is 4. The highest BCUT2D eigenvalue weighted by atomic mass is 16.5. The average Bonchev–Trinajstić information content (AvgIpc) is 3.18. The fourth-order valence-electron chi connectivity index (χ4n) is 4.23. The first-order chi connectivity index (χ1) is 14.5. The van der Waals surface area contributed by atoms with E-state index in [-0.39, 0.29) is 11.9 Å². The number of esters is 1. The van der Waals surface area contributed by atoms with Crippen LogP contribution >= 0.6 is 0 Å². The fraction of sp³-hybridized carbons (Fsp3) is 0.500. The molecule has 0 spiro atoms. The monoisotopic (exact) mass is 412 g/mol. The predicted octanol–water partition coefficient (Wildman–Crippen LogP) is 1.23. The highest BCUT2D eigenvalue weighted by Crippen LogP contribution is 2.24. The van der Waals surface area contributed by atoms with Crippen molar-refractivity contribution >= 4 is 11.9 Å². The Morgan fingerprint density at radius 3 is 2.50 bits per heavy atom. The Kier molecular flexibility index (Phi) is 6.15. The lowest BCUT2D eigenvalue weighted by molar-refractivity contribution is -0.154. The van der Waals surface area contributed by atoms with Crippen molar-refractivity contribution in [3.63, 3.8) is 0 Å². The van der Waals surface area contributed by atoms with E-state index in [1.54, 1.807) is 4.90 Å². The van der Waals surface area contributed by atoms with Gasteiger partial charge < -0.3 is 14.2 Å². The molecule has 2 aromatic rings. The van der Waals surface area contributed by atoms with Crippen molar-refractivity contribution in [1.82, 2.24) is 19.9 Å². The predicted molar refractivity (Wildman–Crippen MR) is 109 cm³/mol. The van der Waals surface area contributed by atoms with E-state index in [4.69, 9.17) is 9.26 Å². The molecule has 0 saturated carbocycles. The normalized spacial score (nSPS) is 20.1. The number of hydrogen-bond donors (Lipinski definition) is 0. The van der Waals surface area contributed by atoms with Crippen LogP contribution < -0.4 is 0 Å². The molecular weight excluding hydrogens is 384 g/mol. The summed E-state index contributed by atoms with van der Waals surface area (Å²) in [6.07, 6.45) is 0.499. The summed E-state index contributed by atoms with van der Waals surface area (Å²) in [4.78, 5) is 31.6. The third-order valence-electron chi connectivity index (χ3n) is 5.92. The van der Waals surface area contributed by atoms with Crippen molar-refractivity contribution in [2.75, 3.05) is 39.8 Å². The number of fused-ring (bicyclic) bond motifs is 1. The van der Waals surface area contributed by atoms with Gasteiger partial charge in [-0.2, -0.15) is 0 Å². The zero-order chi connectivity index (χ0) is 21.1. The maximum atomic E-state index is 13.1. The van der Waals surface area contributed by atoms with Gasteiger partial charge >= 0.3 is 5.97 Å². The first kappa shape index (κ1) is 20.6. The zero-order valence-corrected chi connectivity index (χ0v) is 17.5. The SMILES string of the molecule is COC(=O)C1Cc2ccccc2CN1C(=O)CN1CCN(Cc2cc(C)no2)CC1. The molecule has 2 aliphatic heterocycles. The van der Waals surface area contributed by atoms with Crippen molar-refractivity contribution in [1.29, 1.82) is 0 Å². The molecule has 0 radical (unpaired) electrons. The van der Waals surface area contributed by atoms with Crippen LogP contribution in [0.2, 0.25) is 0 Å². The van der Waals surface area contributed by atoms with Gasteiger partial charge in [-0.25, -0.2) is 4.79 Å². The van der Waals surface area contributed by atoms with Crippen LogP contribution in [0.4, 0.5) is 0 Å².